The third-order valence-corrected chi connectivity index (χ3v) is 7.35. The summed E-state index contributed by atoms with van der Waals surface area (Å²) in [4.78, 5) is 14.0. The Bertz CT molecular complexity index is 1590. The van der Waals surface area contributed by atoms with Gasteiger partial charge in [-0.15, -0.1) is 0 Å². The fraction of sp³-hybridized carbons (Fsp3) is 0.194. The fourth-order valence-electron chi connectivity index (χ4n) is 5.35. The van der Waals surface area contributed by atoms with Gasteiger partial charge in [0, 0.05) is 34.6 Å². The highest BCUT2D eigenvalue weighted by molar-refractivity contribution is 6.31. The molecule has 0 aliphatic carbocycles. The van der Waals surface area contributed by atoms with E-state index in [2.05, 4.69) is 82.9 Å². The van der Waals surface area contributed by atoms with Gasteiger partial charge in [0.15, 0.2) is 0 Å². The average molecular weight is 494 g/mol. The Morgan fingerprint density at radius 1 is 0.889 bits per heavy atom. The molecular weight excluding hydrogens is 466 g/mol. The minimum absolute atomic E-state index is 0.137. The van der Waals surface area contributed by atoms with Crippen LogP contribution in [0.25, 0.3) is 28.0 Å². The molecule has 4 nitrogen and oxygen atoms in total. The topological polar surface area (TPSA) is 38.4 Å². The lowest BCUT2D eigenvalue weighted by molar-refractivity contribution is 0.102. The third-order valence-electron chi connectivity index (χ3n) is 7.12. The van der Waals surface area contributed by atoms with E-state index < -0.39 is 0 Å². The van der Waals surface area contributed by atoms with Gasteiger partial charge in [0.2, 0.25) is 0 Å². The van der Waals surface area contributed by atoms with E-state index in [-0.39, 0.29) is 5.91 Å². The molecule has 0 fully saturated rings. The summed E-state index contributed by atoms with van der Waals surface area (Å²) in [5, 5.41) is 3.70. The second kappa shape index (κ2) is 9.03. The van der Waals surface area contributed by atoms with Crippen LogP contribution in [0.1, 0.15) is 40.0 Å². The molecular formula is C31H28ClN3O. The zero-order chi connectivity index (χ0) is 24.8. The van der Waals surface area contributed by atoms with E-state index in [0.717, 1.165) is 53.8 Å². The number of hydrogen-bond acceptors (Lipinski definition) is 1. The van der Waals surface area contributed by atoms with Crippen LogP contribution < -0.4 is 5.32 Å². The van der Waals surface area contributed by atoms with Crippen LogP contribution in [0.5, 0.6) is 0 Å². The summed E-state index contributed by atoms with van der Waals surface area (Å²) < 4.78 is 4.52. The van der Waals surface area contributed by atoms with Crippen LogP contribution in [-0.4, -0.2) is 14.9 Å². The second-order valence-electron chi connectivity index (χ2n) is 9.72. The lowest BCUT2D eigenvalue weighted by atomic mass is 9.97. The van der Waals surface area contributed by atoms with Gasteiger partial charge in [0.05, 0.1) is 5.69 Å². The van der Waals surface area contributed by atoms with Crippen LogP contribution in [-0.2, 0) is 13.0 Å². The number of nitrogens with one attached hydrogen (secondary N) is 1. The molecule has 36 heavy (non-hydrogen) atoms. The standard InChI is InChI=1S/C31H28ClN3O/c1-20-9-13-22(14-10-20)27-19-35-29(30(36)33-25-7-5-6-24(32)18-25)28(23-15-11-21(2)12-16-23)26-8-3-4-17-34(27)31(26)35/h5-7,9-16,18-19H,3-4,8,17H2,1-2H3,(H,33,36). The van der Waals surface area contributed by atoms with Crippen molar-refractivity contribution >= 4 is 28.8 Å². The summed E-state index contributed by atoms with van der Waals surface area (Å²) in [5.41, 5.74) is 10.5. The van der Waals surface area contributed by atoms with Gasteiger partial charge in [0.1, 0.15) is 11.3 Å². The number of amides is 1. The summed E-state index contributed by atoms with van der Waals surface area (Å²) in [7, 11) is 0. The molecule has 3 heterocycles. The largest absolute Gasteiger partial charge is 0.325 e. The number of rotatable bonds is 4. The molecule has 1 amide bonds. The van der Waals surface area contributed by atoms with Gasteiger partial charge in [0.25, 0.3) is 5.91 Å². The predicted octanol–water partition coefficient (Wildman–Crippen LogP) is 7.93. The molecule has 180 valence electrons. The first-order valence-electron chi connectivity index (χ1n) is 12.5. The number of halogens is 1. The lowest BCUT2D eigenvalue weighted by Crippen LogP contribution is -2.15. The van der Waals surface area contributed by atoms with Gasteiger partial charge in [-0.2, -0.15) is 0 Å². The molecule has 3 aromatic carbocycles. The molecule has 0 unspecified atom stereocenters. The maximum absolute atomic E-state index is 14.0. The molecule has 0 spiro atoms. The molecule has 6 rings (SSSR count). The molecule has 0 bridgehead atoms. The van der Waals surface area contributed by atoms with E-state index in [1.807, 2.05) is 18.2 Å². The Balaban J connectivity index is 1.61. The average Bonchev–Trinajstić information content (AvgIpc) is 3.28. The Morgan fingerprint density at radius 2 is 1.58 bits per heavy atom. The minimum atomic E-state index is -0.137. The maximum Gasteiger partial charge on any atom is 0.273 e. The summed E-state index contributed by atoms with van der Waals surface area (Å²) in [6, 6.07) is 24.4. The van der Waals surface area contributed by atoms with Gasteiger partial charge in [-0.3, -0.25) is 9.20 Å². The van der Waals surface area contributed by atoms with Gasteiger partial charge < -0.3 is 9.88 Å². The van der Waals surface area contributed by atoms with Crippen molar-refractivity contribution < 1.29 is 4.79 Å². The van der Waals surface area contributed by atoms with Crippen molar-refractivity contribution in [3.8, 4) is 22.4 Å². The molecule has 1 N–H and O–H groups in total. The molecule has 2 aromatic heterocycles. The van der Waals surface area contributed by atoms with Crippen molar-refractivity contribution in [2.75, 3.05) is 5.32 Å². The van der Waals surface area contributed by atoms with E-state index in [1.165, 1.54) is 16.7 Å². The monoisotopic (exact) mass is 493 g/mol. The van der Waals surface area contributed by atoms with Gasteiger partial charge in [-0.1, -0.05) is 77.3 Å². The van der Waals surface area contributed by atoms with Crippen LogP contribution in [0, 0.1) is 13.8 Å². The molecule has 5 aromatic rings. The third kappa shape index (κ3) is 3.92. The number of benzene rings is 3. The first-order chi connectivity index (χ1) is 17.5. The van der Waals surface area contributed by atoms with E-state index in [0.29, 0.717) is 16.4 Å². The van der Waals surface area contributed by atoms with E-state index in [4.69, 9.17) is 11.6 Å². The fourth-order valence-corrected chi connectivity index (χ4v) is 5.54. The van der Waals surface area contributed by atoms with E-state index in [1.54, 1.807) is 6.07 Å². The van der Waals surface area contributed by atoms with Gasteiger partial charge in [-0.25, -0.2) is 0 Å². The zero-order valence-electron chi connectivity index (χ0n) is 20.5. The van der Waals surface area contributed by atoms with Crippen molar-refractivity contribution in [1.29, 1.82) is 0 Å². The van der Waals surface area contributed by atoms with Gasteiger partial charge in [-0.05, 0) is 62.4 Å². The number of imidazole rings is 1. The highest BCUT2D eigenvalue weighted by Crippen LogP contribution is 2.40. The second-order valence-corrected chi connectivity index (χ2v) is 10.2. The van der Waals surface area contributed by atoms with E-state index in [9.17, 15) is 4.79 Å². The first-order valence-corrected chi connectivity index (χ1v) is 12.8. The molecule has 0 saturated carbocycles. The number of hydrogen-bond donors (Lipinski definition) is 1. The number of aromatic nitrogens is 2. The Kier molecular flexibility index (Phi) is 5.69. The maximum atomic E-state index is 14.0. The highest BCUT2D eigenvalue weighted by Gasteiger charge is 2.29. The van der Waals surface area contributed by atoms with Gasteiger partial charge >= 0.3 is 0 Å². The quantitative estimate of drug-likeness (QED) is 0.271. The van der Waals surface area contributed by atoms with Crippen molar-refractivity contribution in [2.24, 2.45) is 0 Å². The van der Waals surface area contributed by atoms with E-state index >= 15 is 0 Å². The van der Waals surface area contributed by atoms with Crippen LogP contribution in [0.4, 0.5) is 5.69 Å². The molecule has 1 aliphatic heterocycles. The highest BCUT2D eigenvalue weighted by atomic mass is 35.5. The van der Waals surface area contributed by atoms with Crippen LogP contribution >= 0.6 is 11.6 Å². The Labute approximate surface area is 216 Å². The summed E-state index contributed by atoms with van der Waals surface area (Å²) in [6.07, 6.45) is 5.27. The zero-order valence-corrected chi connectivity index (χ0v) is 21.3. The van der Waals surface area contributed by atoms with Crippen molar-refractivity contribution in [3.05, 3.63) is 106 Å². The number of anilines is 1. The minimum Gasteiger partial charge on any atom is -0.325 e. The van der Waals surface area contributed by atoms with Crippen LogP contribution in [0.2, 0.25) is 5.02 Å². The summed E-state index contributed by atoms with van der Waals surface area (Å²) >= 11 is 6.21. The van der Waals surface area contributed by atoms with Crippen molar-refractivity contribution in [2.45, 2.75) is 39.7 Å². The SMILES string of the molecule is Cc1ccc(-c2c3c4n(c(-c5ccc(C)cc5)cn4c2C(=O)Nc2cccc(Cl)c2)CCCC3)cc1. The first kappa shape index (κ1) is 22.7. The van der Waals surface area contributed by atoms with Crippen LogP contribution in [0.3, 0.4) is 0 Å². The predicted molar refractivity (Wildman–Crippen MR) is 148 cm³/mol. The Morgan fingerprint density at radius 3 is 2.28 bits per heavy atom. The molecule has 0 atom stereocenters. The number of carbonyl (C=O) groups excluding carboxylic acids is 1. The number of aryl methyl sites for hydroxylation is 4. The summed E-state index contributed by atoms with van der Waals surface area (Å²) in [6.45, 7) is 5.12. The smallest absolute Gasteiger partial charge is 0.273 e. The normalized spacial score (nSPS) is 13.1. The van der Waals surface area contributed by atoms with Crippen molar-refractivity contribution in [1.82, 2.24) is 8.97 Å². The van der Waals surface area contributed by atoms with Crippen LogP contribution in [0.15, 0.2) is 79.0 Å². The number of carbonyl (C=O) groups is 1. The van der Waals surface area contributed by atoms with Crippen molar-refractivity contribution in [3.63, 3.8) is 0 Å². The lowest BCUT2D eigenvalue weighted by Gasteiger charge is -2.11. The molecule has 0 radical (unpaired) electrons. The number of nitrogens with zero attached hydrogens (tertiary/aromatic N) is 2. The summed E-state index contributed by atoms with van der Waals surface area (Å²) in [5.74, 6) is -0.137. The molecule has 0 saturated heterocycles. The molecule has 1 aliphatic rings. The Hall–Kier alpha value is -3.76. The molecule has 5 heteroatoms.